The molecule has 0 spiro atoms. The zero-order valence-corrected chi connectivity index (χ0v) is 17.0. The lowest BCUT2D eigenvalue weighted by Gasteiger charge is -2.19. The van der Waals surface area contributed by atoms with E-state index in [0.29, 0.717) is 19.4 Å². The van der Waals surface area contributed by atoms with Crippen LogP contribution in [0.2, 0.25) is 0 Å². The number of aromatic nitrogens is 2. The molecule has 2 aromatic carbocycles. The van der Waals surface area contributed by atoms with Crippen LogP contribution in [0.5, 0.6) is 5.75 Å². The average Bonchev–Trinajstić information content (AvgIpc) is 3.16. The van der Waals surface area contributed by atoms with Gasteiger partial charge in [-0.15, -0.1) is 0 Å². The molecular weight excluding hydrogens is 406 g/mol. The first-order valence-corrected chi connectivity index (χ1v) is 9.51. The molecule has 1 amide bonds. The zero-order valence-electron chi connectivity index (χ0n) is 15.4. The van der Waals surface area contributed by atoms with Gasteiger partial charge in [-0.05, 0) is 42.3 Å². The van der Waals surface area contributed by atoms with Crippen molar-refractivity contribution in [2.24, 2.45) is 0 Å². The van der Waals surface area contributed by atoms with Gasteiger partial charge in [-0.25, -0.2) is 4.68 Å². The fourth-order valence-electron chi connectivity index (χ4n) is 2.87. The number of ether oxygens (including phenoxy) is 1. The molecule has 0 saturated carbocycles. The molecule has 0 unspecified atom stereocenters. The summed E-state index contributed by atoms with van der Waals surface area (Å²) in [6, 6.07) is 15.7. The highest BCUT2D eigenvalue weighted by molar-refractivity contribution is 9.10. The summed E-state index contributed by atoms with van der Waals surface area (Å²) in [6.45, 7) is 0.505. The van der Waals surface area contributed by atoms with Crippen LogP contribution in [0.1, 0.15) is 17.5 Å². The summed E-state index contributed by atoms with van der Waals surface area (Å²) in [5.74, 6) is 0.867. The van der Waals surface area contributed by atoms with Gasteiger partial charge in [-0.2, -0.15) is 5.10 Å². The number of halogens is 1. The summed E-state index contributed by atoms with van der Waals surface area (Å²) in [5, 5.41) is 4.38. The standard InChI is InChI=1S/C21H22BrN3O2/c1-24(15-17-12-18(22)9-10-20(17)27-2)21(26)11-8-16-13-23-25(14-16)19-6-4-3-5-7-19/h3-7,9-10,12-14H,8,11,15H2,1-2H3. The highest BCUT2D eigenvalue weighted by atomic mass is 79.9. The molecule has 3 rings (SSSR count). The van der Waals surface area contributed by atoms with Crippen LogP contribution in [0.4, 0.5) is 0 Å². The van der Waals surface area contributed by atoms with Crippen molar-refractivity contribution in [1.82, 2.24) is 14.7 Å². The quantitative estimate of drug-likeness (QED) is 0.566. The van der Waals surface area contributed by atoms with Crippen LogP contribution in [-0.2, 0) is 17.8 Å². The van der Waals surface area contributed by atoms with E-state index in [0.717, 1.165) is 27.0 Å². The van der Waals surface area contributed by atoms with E-state index in [4.69, 9.17) is 4.74 Å². The predicted octanol–water partition coefficient (Wildman–Crippen LogP) is 4.23. The molecule has 1 aromatic heterocycles. The zero-order chi connectivity index (χ0) is 19.2. The van der Waals surface area contributed by atoms with Crippen molar-refractivity contribution < 1.29 is 9.53 Å². The van der Waals surface area contributed by atoms with E-state index in [1.54, 1.807) is 12.0 Å². The molecule has 27 heavy (non-hydrogen) atoms. The molecule has 0 fully saturated rings. The van der Waals surface area contributed by atoms with E-state index < -0.39 is 0 Å². The normalized spacial score (nSPS) is 10.6. The largest absolute Gasteiger partial charge is 0.496 e. The SMILES string of the molecule is COc1ccc(Br)cc1CN(C)C(=O)CCc1cnn(-c2ccccc2)c1. The van der Waals surface area contributed by atoms with E-state index in [2.05, 4.69) is 21.0 Å². The van der Waals surface area contributed by atoms with Gasteiger partial charge in [0, 0.05) is 36.2 Å². The third kappa shape index (κ3) is 4.98. The van der Waals surface area contributed by atoms with Crippen molar-refractivity contribution in [2.75, 3.05) is 14.2 Å². The lowest BCUT2D eigenvalue weighted by atomic mass is 10.1. The molecule has 0 aliphatic rings. The molecule has 0 aliphatic carbocycles. The number of methoxy groups -OCH3 is 1. The van der Waals surface area contributed by atoms with Crippen molar-refractivity contribution in [1.29, 1.82) is 0 Å². The van der Waals surface area contributed by atoms with Crippen LogP contribution in [0, 0.1) is 0 Å². The van der Waals surface area contributed by atoms with Crippen molar-refractivity contribution in [3.8, 4) is 11.4 Å². The molecule has 0 atom stereocenters. The van der Waals surface area contributed by atoms with E-state index in [9.17, 15) is 4.79 Å². The molecule has 1 heterocycles. The topological polar surface area (TPSA) is 47.4 Å². The van der Waals surface area contributed by atoms with Crippen molar-refractivity contribution in [3.63, 3.8) is 0 Å². The Balaban J connectivity index is 1.58. The maximum absolute atomic E-state index is 12.5. The fraction of sp³-hybridized carbons (Fsp3) is 0.238. The molecule has 0 saturated heterocycles. The molecule has 0 aliphatic heterocycles. The lowest BCUT2D eigenvalue weighted by molar-refractivity contribution is -0.130. The van der Waals surface area contributed by atoms with Crippen molar-refractivity contribution >= 4 is 21.8 Å². The van der Waals surface area contributed by atoms with Gasteiger partial charge in [0.25, 0.3) is 0 Å². The third-order valence-electron chi connectivity index (χ3n) is 4.36. The Morgan fingerprint density at radius 2 is 2.00 bits per heavy atom. The Morgan fingerprint density at radius 1 is 1.22 bits per heavy atom. The molecule has 3 aromatic rings. The van der Waals surface area contributed by atoms with E-state index in [-0.39, 0.29) is 5.91 Å². The van der Waals surface area contributed by atoms with Crippen molar-refractivity contribution in [3.05, 3.63) is 76.5 Å². The maximum Gasteiger partial charge on any atom is 0.222 e. The second-order valence-corrected chi connectivity index (χ2v) is 7.25. The molecule has 5 nitrogen and oxygen atoms in total. The van der Waals surface area contributed by atoms with E-state index >= 15 is 0 Å². The minimum Gasteiger partial charge on any atom is -0.496 e. The van der Waals surface area contributed by atoms with Crippen LogP contribution in [-0.4, -0.2) is 34.7 Å². The average molecular weight is 428 g/mol. The number of aryl methyl sites for hydroxylation is 1. The second kappa shape index (κ2) is 8.86. The highest BCUT2D eigenvalue weighted by Crippen LogP contribution is 2.24. The van der Waals surface area contributed by atoms with Crippen LogP contribution in [0.15, 0.2) is 65.4 Å². The van der Waals surface area contributed by atoms with Crippen LogP contribution in [0.3, 0.4) is 0 Å². The summed E-state index contributed by atoms with van der Waals surface area (Å²) in [7, 11) is 3.45. The first kappa shape index (κ1) is 19.2. The number of nitrogens with zero attached hydrogens (tertiary/aromatic N) is 3. The molecule has 140 valence electrons. The Bertz CT molecular complexity index is 909. The highest BCUT2D eigenvalue weighted by Gasteiger charge is 2.13. The fourth-order valence-corrected chi connectivity index (χ4v) is 3.28. The predicted molar refractivity (Wildman–Crippen MR) is 109 cm³/mol. The minimum atomic E-state index is 0.0875. The van der Waals surface area contributed by atoms with Gasteiger partial charge in [0.15, 0.2) is 0 Å². The smallest absolute Gasteiger partial charge is 0.222 e. The van der Waals surface area contributed by atoms with Crippen LogP contribution < -0.4 is 4.74 Å². The number of hydrogen-bond donors (Lipinski definition) is 0. The molecule has 0 radical (unpaired) electrons. The third-order valence-corrected chi connectivity index (χ3v) is 4.85. The number of rotatable bonds is 7. The number of carbonyl (C=O) groups is 1. The monoisotopic (exact) mass is 427 g/mol. The number of para-hydroxylation sites is 1. The Hall–Kier alpha value is -2.60. The molecule has 6 heteroatoms. The Kier molecular flexibility index (Phi) is 6.29. The summed E-state index contributed by atoms with van der Waals surface area (Å²) in [5.41, 5.74) is 3.02. The minimum absolute atomic E-state index is 0.0875. The number of benzene rings is 2. The first-order valence-electron chi connectivity index (χ1n) is 8.72. The Labute approximate surface area is 167 Å². The second-order valence-electron chi connectivity index (χ2n) is 6.33. The van der Waals surface area contributed by atoms with Crippen LogP contribution in [0.25, 0.3) is 5.69 Å². The van der Waals surface area contributed by atoms with Gasteiger partial charge in [-0.3, -0.25) is 4.79 Å². The number of carbonyl (C=O) groups excluding carboxylic acids is 1. The van der Waals surface area contributed by atoms with E-state index in [1.165, 1.54) is 0 Å². The van der Waals surface area contributed by atoms with E-state index in [1.807, 2.05) is 72.7 Å². The summed E-state index contributed by atoms with van der Waals surface area (Å²) in [6.07, 6.45) is 4.89. The molecular formula is C21H22BrN3O2. The van der Waals surface area contributed by atoms with Gasteiger partial charge >= 0.3 is 0 Å². The first-order chi connectivity index (χ1) is 13.1. The van der Waals surface area contributed by atoms with Gasteiger partial charge < -0.3 is 9.64 Å². The van der Waals surface area contributed by atoms with Crippen LogP contribution >= 0.6 is 15.9 Å². The molecule has 0 bridgehead atoms. The maximum atomic E-state index is 12.5. The van der Waals surface area contributed by atoms with Gasteiger partial charge in [0.05, 0.1) is 19.0 Å². The lowest BCUT2D eigenvalue weighted by Crippen LogP contribution is -2.26. The summed E-state index contributed by atoms with van der Waals surface area (Å²) >= 11 is 3.47. The van der Waals surface area contributed by atoms with Gasteiger partial charge in [0.2, 0.25) is 5.91 Å². The summed E-state index contributed by atoms with van der Waals surface area (Å²) in [4.78, 5) is 14.3. The van der Waals surface area contributed by atoms with Gasteiger partial charge in [-0.1, -0.05) is 34.1 Å². The molecule has 0 N–H and O–H groups in total. The number of amides is 1. The van der Waals surface area contributed by atoms with Crippen molar-refractivity contribution in [2.45, 2.75) is 19.4 Å². The summed E-state index contributed by atoms with van der Waals surface area (Å²) < 4.78 is 8.18. The van der Waals surface area contributed by atoms with Gasteiger partial charge in [0.1, 0.15) is 5.75 Å². The Morgan fingerprint density at radius 3 is 2.74 bits per heavy atom. The number of hydrogen-bond acceptors (Lipinski definition) is 3.